The molecule has 4 heterocycles. The van der Waals surface area contributed by atoms with Crippen LogP contribution in [-0.4, -0.2) is 103 Å². The van der Waals surface area contributed by atoms with E-state index in [1.807, 2.05) is 11.0 Å². The lowest BCUT2D eigenvalue weighted by molar-refractivity contribution is -0.0836. The molecule has 1 aromatic carbocycles. The fourth-order valence-corrected chi connectivity index (χ4v) is 7.54. The summed E-state index contributed by atoms with van der Waals surface area (Å²) in [7, 11) is -3.44. The topological polar surface area (TPSA) is 154 Å². The molecule has 0 atom stereocenters. The molecule has 0 unspecified atom stereocenters. The molecular formula is C35H50F2N6O7S. The molecular weight excluding hydrogens is 686 g/mol. The van der Waals surface area contributed by atoms with Crippen molar-refractivity contribution < 1.29 is 40.8 Å². The largest absolute Gasteiger partial charge is 0.465 e. The fourth-order valence-electron chi connectivity index (χ4n) is 7.00. The van der Waals surface area contributed by atoms with Crippen molar-refractivity contribution in [3.05, 3.63) is 47.3 Å². The third-order valence-corrected chi connectivity index (χ3v) is 11.3. The summed E-state index contributed by atoms with van der Waals surface area (Å²) in [5.41, 5.74) is 1.49. The number of urea groups is 1. The highest BCUT2D eigenvalue weighted by molar-refractivity contribution is 7.86. The number of anilines is 2. The minimum absolute atomic E-state index is 0.0233. The van der Waals surface area contributed by atoms with E-state index in [-0.39, 0.29) is 55.9 Å². The van der Waals surface area contributed by atoms with E-state index in [1.165, 1.54) is 23.4 Å². The Morgan fingerprint density at radius 1 is 1.08 bits per heavy atom. The van der Waals surface area contributed by atoms with Crippen LogP contribution < -0.4 is 10.2 Å². The second kappa shape index (κ2) is 17.7. The van der Waals surface area contributed by atoms with Crippen molar-refractivity contribution in [3.63, 3.8) is 0 Å². The van der Waals surface area contributed by atoms with E-state index in [1.54, 1.807) is 17.9 Å². The van der Waals surface area contributed by atoms with Crippen LogP contribution in [-0.2, 0) is 37.9 Å². The molecule has 16 heteroatoms. The normalized spacial score (nSPS) is 17.9. The van der Waals surface area contributed by atoms with Crippen LogP contribution in [0.1, 0.15) is 81.4 Å². The zero-order chi connectivity index (χ0) is 36.4. The Morgan fingerprint density at radius 3 is 2.53 bits per heavy atom. The SMILES string of the molecule is CCS(=O)(=O)OCCCCCCCN1C(=O)N(C2CCOCC2)Cc2c(NCCc3cccc(C(F)(F)C4CCN(C(=O)O)CC4)c3)ncnc21. The average molecular weight is 737 g/mol. The van der Waals surface area contributed by atoms with Gasteiger partial charge in [0.05, 0.1) is 24.5 Å². The molecule has 3 amide bonds. The highest BCUT2D eigenvalue weighted by Gasteiger charge is 2.43. The zero-order valence-corrected chi connectivity index (χ0v) is 30.1. The third-order valence-electron chi connectivity index (χ3n) is 10.1. The van der Waals surface area contributed by atoms with Crippen LogP contribution in [0.2, 0.25) is 0 Å². The van der Waals surface area contributed by atoms with Gasteiger partial charge in [0.15, 0.2) is 0 Å². The molecule has 51 heavy (non-hydrogen) atoms. The number of hydrogen-bond donors (Lipinski definition) is 2. The van der Waals surface area contributed by atoms with Crippen molar-refractivity contribution in [2.24, 2.45) is 5.92 Å². The van der Waals surface area contributed by atoms with E-state index in [0.717, 1.165) is 49.7 Å². The van der Waals surface area contributed by atoms with Crippen LogP contribution in [0.4, 0.5) is 30.0 Å². The van der Waals surface area contributed by atoms with E-state index in [2.05, 4.69) is 15.3 Å². The van der Waals surface area contributed by atoms with Gasteiger partial charge < -0.3 is 25.0 Å². The van der Waals surface area contributed by atoms with Crippen LogP contribution in [0.25, 0.3) is 0 Å². The van der Waals surface area contributed by atoms with E-state index in [4.69, 9.17) is 8.92 Å². The number of ether oxygens (including phenoxy) is 1. The average Bonchev–Trinajstić information content (AvgIpc) is 3.14. The molecule has 0 spiro atoms. The lowest BCUT2D eigenvalue weighted by atomic mass is 9.86. The van der Waals surface area contributed by atoms with Gasteiger partial charge in [-0.05, 0) is 63.5 Å². The van der Waals surface area contributed by atoms with Crippen LogP contribution >= 0.6 is 0 Å². The Bertz CT molecular complexity index is 1590. The number of carbonyl (C=O) groups is 2. The maximum absolute atomic E-state index is 15.5. The van der Waals surface area contributed by atoms with Crippen molar-refractivity contribution in [1.29, 1.82) is 0 Å². The number of alkyl halides is 2. The van der Waals surface area contributed by atoms with Crippen molar-refractivity contribution in [1.82, 2.24) is 19.8 Å². The number of amides is 3. The Morgan fingerprint density at radius 2 is 1.80 bits per heavy atom. The zero-order valence-electron chi connectivity index (χ0n) is 29.3. The van der Waals surface area contributed by atoms with Gasteiger partial charge in [-0.25, -0.2) is 28.3 Å². The molecule has 0 radical (unpaired) electrons. The first-order valence-electron chi connectivity index (χ1n) is 18.1. The lowest BCUT2D eigenvalue weighted by Crippen LogP contribution is -2.53. The third kappa shape index (κ3) is 10.0. The van der Waals surface area contributed by atoms with Crippen LogP contribution in [0.3, 0.4) is 0 Å². The number of rotatable bonds is 17. The maximum atomic E-state index is 15.5. The van der Waals surface area contributed by atoms with Gasteiger partial charge in [0.1, 0.15) is 18.0 Å². The number of hydrogen-bond acceptors (Lipinski definition) is 9. The van der Waals surface area contributed by atoms with Gasteiger partial charge in [-0.1, -0.05) is 37.5 Å². The second-order valence-corrected chi connectivity index (χ2v) is 15.3. The van der Waals surface area contributed by atoms with Gasteiger partial charge >= 0.3 is 12.1 Å². The molecule has 2 N–H and O–H groups in total. The maximum Gasteiger partial charge on any atom is 0.407 e. The number of benzene rings is 1. The smallest absolute Gasteiger partial charge is 0.407 e. The molecule has 13 nitrogen and oxygen atoms in total. The van der Waals surface area contributed by atoms with Gasteiger partial charge in [0.2, 0.25) is 0 Å². The van der Waals surface area contributed by atoms with Crippen molar-refractivity contribution >= 4 is 33.9 Å². The predicted molar refractivity (Wildman–Crippen MR) is 188 cm³/mol. The Hall–Kier alpha value is -3.63. The van der Waals surface area contributed by atoms with Crippen molar-refractivity contribution in [2.45, 2.75) is 89.6 Å². The van der Waals surface area contributed by atoms with E-state index >= 15 is 8.78 Å². The Balaban J connectivity index is 1.21. The molecule has 2 aromatic rings. The number of nitrogens with one attached hydrogen (secondary N) is 1. The van der Waals surface area contributed by atoms with Crippen LogP contribution in [0, 0.1) is 5.92 Å². The first-order chi connectivity index (χ1) is 24.5. The number of halogens is 2. The van der Waals surface area contributed by atoms with Crippen molar-refractivity contribution in [2.75, 3.05) is 62.0 Å². The molecule has 0 bridgehead atoms. The molecule has 0 saturated carbocycles. The summed E-state index contributed by atoms with van der Waals surface area (Å²) in [6.45, 7) is 4.33. The van der Waals surface area contributed by atoms with Gasteiger partial charge in [-0.2, -0.15) is 8.42 Å². The number of nitrogens with zero attached hydrogens (tertiary/aromatic N) is 5. The minimum atomic E-state index is -3.44. The summed E-state index contributed by atoms with van der Waals surface area (Å²) in [6.07, 6.45) is 6.45. The number of carboxylic acid groups (broad SMARTS) is 1. The predicted octanol–water partition coefficient (Wildman–Crippen LogP) is 5.85. The molecule has 3 aliphatic heterocycles. The summed E-state index contributed by atoms with van der Waals surface area (Å²) in [4.78, 5) is 39.0. The van der Waals surface area contributed by atoms with E-state index in [0.29, 0.717) is 57.3 Å². The minimum Gasteiger partial charge on any atom is -0.465 e. The number of aromatic nitrogens is 2. The summed E-state index contributed by atoms with van der Waals surface area (Å²) >= 11 is 0. The number of carbonyl (C=O) groups excluding carboxylic acids is 1. The Kier molecular flexibility index (Phi) is 13.4. The van der Waals surface area contributed by atoms with Gasteiger partial charge in [-0.15, -0.1) is 0 Å². The van der Waals surface area contributed by atoms with Gasteiger partial charge in [0.25, 0.3) is 16.0 Å². The van der Waals surface area contributed by atoms with Gasteiger partial charge in [-0.3, -0.25) is 9.08 Å². The highest BCUT2D eigenvalue weighted by Crippen LogP contribution is 2.42. The Labute approximate surface area is 298 Å². The first-order valence-corrected chi connectivity index (χ1v) is 19.6. The van der Waals surface area contributed by atoms with Crippen LogP contribution in [0.5, 0.6) is 0 Å². The number of piperidine rings is 1. The van der Waals surface area contributed by atoms with E-state index in [9.17, 15) is 23.1 Å². The highest BCUT2D eigenvalue weighted by atomic mass is 32.2. The lowest BCUT2D eigenvalue weighted by Gasteiger charge is -2.42. The quantitative estimate of drug-likeness (QED) is 0.149. The first kappa shape index (κ1) is 38.6. The summed E-state index contributed by atoms with van der Waals surface area (Å²) in [5, 5.41) is 12.6. The molecule has 0 aliphatic carbocycles. The fraction of sp³-hybridized carbons (Fsp3) is 0.657. The van der Waals surface area contributed by atoms with Gasteiger partial charge in [0, 0.05) is 56.9 Å². The molecule has 5 rings (SSSR count). The molecule has 2 saturated heterocycles. The molecule has 3 aliphatic rings. The molecule has 282 valence electrons. The number of unbranched alkanes of at least 4 members (excludes halogenated alkanes) is 4. The van der Waals surface area contributed by atoms with E-state index < -0.39 is 28.1 Å². The van der Waals surface area contributed by atoms with Crippen LogP contribution in [0.15, 0.2) is 30.6 Å². The summed E-state index contributed by atoms with van der Waals surface area (Å²) in [5.74, 6) is -2.88. The van der Waals surface area contributed by atoms with Crippen molar-refractivity contribution in [3.8, 4) is 0 Å². The number of fused-ring (bicyclic) bond motifs is 1. The standard InChI is InChI=1S/C35H50F2N6O7S/c1-2-51(47,48)50-20-7-5-3-4-6-17-42-32-30(24-43(33(42)44)29-14-21-49-22-15-29)31(39-25-40-32)38-16-11-26-9-8-10-28(23-26)35(36,37)27-12-18-41(19-13-27)34(45)46/h8-10,23,25,27,29H,2-7,11-22,24H2,1H3,(H,45,46)(H,38,39,40). The molecule has 2 fully saturated rings. The second-order valence-electron chi connectivity index (χ2n) is 13.4. The summed E-state index contributed by atoms with van der Waals surface area (Å²) in [6, 6.07) is 6.36. The molecule has 1 aromatic heterocycles. The number of likely N-dealkylation sites (tertiary alicyclic amines) is 1. The monoisotopic (exact) mass is 736 g/mol. The summed E-state index contributed by atoms with van der Waals surface area (Å²) < 4.78 is 64.7.